The number of halogens is 1. The summed E-state index contributed by atoms with van der Waals surface area (Å²) in [4.78, 5) is 27.2. The van der Waals surface area contributed by atoms with E-state index in [9.17, 15) is 9.59 Å². The molecule has 5 heteroatoms. The van der Waals surface area contributed by atoms with E-state index in [1.165, 1.54) is 4.90 Å². The van der Waals surface area contributed by atoms with Crippen molar-refractivity contribution in [3.8, 4) is 0 Å². The largest absolute Gasteiger partial charge is 0.462 e. The summed E-state index contributed by atoms with van der Waals surface area (Å²) >= 11 is 6.04. The first-order valence-electron chi connectivity index (χ1n) is 8.28. The molecule has 0 spiro atoms. The van der Waals surface area contributed by atoms with Gasteiger partial charge in [0.1, 0.15) is 0 Å². The Morgan fingerprint density at radius 2 is 1.88 bits per heavy atom. The van der Waals surface area contributed by atoms with Crippen molar-refractivity contribution in [2.45, 2.75) is 13.8 Å². The molecule has 1 heterocycles. The molecule has 0 bridgehead atoms. The van der Waals surface area contributed by atoms with E-state index in [0.717, 1.165) is 5.56 Å². The van der Waals surface area contributed by atoms with E-state index in [2.05, 4.69) is 0 Å². The zero-order valence-electron chi connectivity index (χ0n) is 14.5. The van der Waals surface area contributed by atoms with Crippen LogP contribution in [0.2, 0.25) is 5.02 Å². The van der Waals surface area contributed by atoms with Gasteiger partial charge in [-0.15, -0.1) is 0 Å². The number of hydrogen-bond acceptors (Lipinski definition) is 3. The van der Waals surface area contributed by atoms with Crippen molar-refractivity contribution in [2.24, 2.45) is 0 Å². The highest BCUT2D eigenvalue weighted by molar-refractivity contribution is 6.30. The van der Waals surface area contributed by atoms with Crippen molar-refractivity contribution < 1.29 is 14.3 Å². The van der Waals surface area contributed by atoms with Gasteiger partial charge >= 0.3 is 5.97 Å². The highest BCUT2D eigenvalue weighted by Gasteiger charge is 2.37. The van der Waals surface area contributed by atoms with Gasteiger partial charge in [0.2, 0.25) is 0 Å². The van der Waals surface area contributed by atoms with E-state index in [1.54, 1.807) is 38.1 Å². The maximum Gasteiger partial charge on any atom is 0.340 e. The van der Waals surface area contributed by atoms with Crippen LogP contribution < -0.4 is 4.90 Å². The number of esters is 1. The molecule has 2 aromatic rings. The van der Waals surface area contributed by atoms with Crippen molar-refractivity contribution in [3.63, 3.8) is 0 Å². The van der Waals surface area contributed by atoms with Gasteiger partial charge in [0.25, 0.3) is 5.91 Å². The van der Waals surface area contributed by atoms with Crippen LogP contribution >= 0.6 is 11.6 Å². The highest BCUT2D eigenvalue weighted by atomic mass is 35.5. The maximum atomic E-state index is 13.1. The number of rotatable bonds is 4. The molecule has 1 aliphatic heterocycles. The third kappa shape index (κ3) is 3.41. The van der Waals surface area contributed by atoms with Crippen molar-refractivity contribution >= 4 is 35.2 Å². The fraction of sp³-hybridized carbons (Fsp3) is 0.143. The summed E-state index contributed by atoms with van der Waals surface area (Å²) in [7, 11) is 0. The smallest absolute Gasteiger partial charge is 0.340 e. The van der Waals surface area contributed by atoms with Gasteiger partial charge in [0.05, 0.1) is 17.8 Å². The van der Waals surface area contributed by atoms with Gasteiger partial charge in [0, 0.05) is 16.4 Å². The predicted octanol–water partition coefficient (Wildman–Crippen LogP) is 4.61. The van der Waals surface area contributed by atoms with Crippen molar-refractivity contribution in [2.75, 3.05) is 11.5 Å². The van der Waals surface area contributed by atoms with Crippen LogP contribution in [0.1, 0.15) is 19.4 Å². The molecule has 0 N–H and O–H groups in total. The van der Waals surface area contributed by atoms with Crippen LogP contribution in [0.4, 0.5) is 5.69 Å². The summed E-state index contributed by atoms with van der Waals surface area (Å²) in [5.41, 5.74) is 2.57. The predicted molar refractivity (Wildman–Crippen MR) is 103 cm³/mol. The number of para-hydroxylation sites is 1. The number of ether oxygens (including phenoxy) is 1. The van der Waals surface area contributed by atoms with Crippen LogP contribution in [0.25, 0.3) is 6.08 Å². The molecule has 0 atom stereocenters. The van der Waals surface area contributed by atoms with Crippen LogP contribution in [-0.4, -0.2) is 18.5 Å². The number of anilines is 1. The van der Waals surface area contributed by atoms with Gasteiger partial charge in [0.15, 0.2) is 0 Å². The Morgan fingerprint density at radius 3 is 2.54 bits per heavy atom. The number of carbonyl (C=O) groups is 2. The molecular weight excluding hydrogens is 350 g/mol. The molecule has 0 saturated heterocycles. The summed E-state index contributed by atoms with van der Waals surface area (Å²) in [5, 5.41) is 0.558. The van der Waals surface area contributed by atoms with Crippen molar-refractivity contribution in [3.05, 3.63) is 82.0 Å². The molecule has 2 aromatic carbocycles. The lowest BCUT2D eigenvalue weighted by molar-refractivity contribution is -0.138. The fourth-order valence-electron chi connectivity index (χ4n) is 2.93. The average molecular weight is 368 g/mol. The second-order valence-electron chi connectivity index (χ2n) is 5.77. The topological polar surface area (TPSA) is 46.6 Å². The molecule has 0 aromatic heterocycles. The molecule has 1 amide bonds. The van der Waals surface area contributed by atoms with Crippen molar-refractivity contribution in [1.29, 1.82) is 0 Å². The Bertz CT molecular complexity index is 916. The third-order valence-corrected chi connectivity index (χ3v) is 4.29. The van der Waals surface area contributed by atoms with Gasteiger partial charge < -0.3 is 4.74 Å². The van der Waals surface area contributed by atoms with Crippen LogP contribution in [0.3, 0.4) is 0 Å². The second-order valence-corrected chi connectivity index (χ2v) is 6.21. The number of carbonyl (C=O) groups excluding carboxylic acids is 2. The number of benzene rings is 2. The zero-order valence-corrected chi connectivity index (χ0v) is 15.3. The Hall–Kier alpha value is -2.85. The quantitative estimate of drug-likeness (QED) is 0.585. The zero-order chi connectivity index (χ0) is 18.7. The molecule has 132 valence electrons. The summed E-state index contributed by atoms with van der Waals surface area (Å²) in [6, 6.07) is 16.3. The van der Waals surface area contributed by atoms with E-state index in [0.29, 0.717) is 22.0 Å². The van der Waals surface area contributed by atoms with E-state index in [-0.39, 0.29) is 18.1 Å². The van der Waals surface area contributed by atoms with Crippen molar-refractivity contribution in [1.82, 2.24) is 0 Å². The minimum Gasteiger partial charge on any atom is -0.462 e. The Morgan fingerprint density at radius 1 is 1.15 bits per heavy atom. The van der Waals surface area contributed by atoms with Gasteiger partial charge in [-0.05, 0) is 49.8 Å². The van der Waals surface area contributed by atoms with Crippen LogP contribution in [0.15, 0.2) is 71.4 Å². The first-order valence-corrected chi connectivity index (χ1v) is 8.66. The molecule has 4 nitrogen and oxygen atoms in total. The number of allylic oxidation sites excluding steroid dienone is 1. The fourth-order valence-corrected chi connectivity index (χ4v) is 3.13. The Labute approximate surface area is 157 Å². The van der Waals surface area contributed by atoms with Crippen LogP contribution in [0, 0.1) is 0 Å². The first-order chi connectivity index (χ1) is 12.5. The summed E-state index contributed by atoms with van der Waals surface area (Å²) in [5.74, 6) is -0.776. The van der Waals surface area contributed by atoms with E-state index >= 15 is 0 Å². The van der Waals surface area contributed by atoms with Gasteiger partial charge in [-0.2, -0.15) is 0 Å². The number of hydrogen-bond donors (Lipinski definition) is 0. The lowest BCUT2D eigenvalue weighted by Gasteiger charge is -2.17. The average Bonchev–Trinajstić information content (AvgIpc) is 2.86. The Kier molecular flexibility index (Phi) is 5.24. The standard InChI is InChI=1S/C21H18ClNO3/c1-3-26-21(25)19-14(2)23(17-10-5-4-6-11-17)20(24)18(19)13-15-8-7-9-16(22)12-15/h4-13H,3H2,1-2H3/b18-13-. The van der Waals surface area contributed by atoms with Crippen LogP contribution in [-0.2, 0) is 14.3 Å². The van der Waals surface area contributed by atoms with E-state index < -0.39 is 5.97 Å². The molecule has 0 fully saturated rings. The molecule has 0 unspecified atom stereocenters. The van der Waals surface area contributed by atoms with Gasteiger partial charge in [-0.3, -0.25) is 9.69 Å². The number of nitrogens with zero attached hydrogens (tertiary/aromatic N) is 1. The monoisotopic (exact) mass is 367 g/mol. The highest BCUT2D eigenvalue weighted by Crippen LogP contribution is 2.35. The van der Waals surface area contributed by atoms with Crippen LogP contribution in [0.5, 0.6) is 0 Å². The van der Waals surface area contributed by atoms with E-state index in [1.807, 2.05) is 36.4 Å². The molecule has 0 saturated carbocycles. The minimum atomic E-state index is -0.509. The summed E-state index contributed by atoms with van der Waals surface area (Å²) < 4.78 is 5.18. The molecule has 1 aliphatic rings. The normalized spacial score (nSPS) is 15.7. The molecule has 0 aliphatic carbocycles. The van der Waals surface area contributed by atoms with Gasteiger partial charge in [-0.25, -0.2) is 4.79 Å². The maximum absolute atomic E-state index is 13.1. The molecule has 26 heavy (non-hydrogen) atoms. The summed E-state index contributed by atoms with van der Waals surface area (Å²) in [6.07, 6.45) is 1.67. The molecular formula is C21H18ClNO3. The number of amides is 1. The lowest BCUT2D eigenvalue weighted by Crippen LogP contribution is -2.24. The molecule has 3 rings (SSSR count). The second kappa shape index (κ2) is 7.58. The lowest BCUT2D eigenvalue weighted by atomic mass is 10.0. The van der Waals surface area contributed by atoms with E-state index in [4.69, 9.17) is 16.3 Å². The third-order valence-electron chi connectivity index (χ3n) is 4.05. The summed E-state index contributed by atoms with van der Waals surface area (Å²) in [6.45, 7) is 3.72. The molecule has 0 radical (unpaired) electrons. The minimum absolute atomic E-state index is 0.236. The first kappa shape index (κ1) is 18.0. The van der Waals surface area contributed by atoms with Gasteiger partial charge in [-0.1, -0.05) is 41.9 Å². The SMILES string of the molecule is CCOC(=O)C1=C(C)N(c2ccccc2)C(=O)/C1=C\c1cccc(Cl)c1. The Balaban J connectivity index is 2.13.